The Morgan fingerprint density at radius 3 is 3.05 bits per heavy atom. The number of nitrogens with zero attached hydrogens (tertiary/aromatic N) is 3. The van der Waals surface area contributed by atoms with Crippen molar-refractivity contribution in [1.29, 1.82) is 0 Å². The first-order valence-electron chi connectivity index (χ1n) is 6.09. The third-order valence-corrected chi connectivity index (χ3v) is 3.21. The molecule has 0 aromatic carbocycles. The van der Waals surface area contributed by atoms with Crippen LogP contribution in [0.5, 0.6) is 0 Å². The predicted octanol–water partition coefficient (Wildman–Crippen LogP) is 1.52. The minimum absolute atomic E-state index is 0.0849. The summed E-state index contributed by atoms with van der Waals surface area (Å²) in [6, 6.07) is 2.41. The van der Waals surface area contributed by atoms with Gasteiger partial charge in [-0.3, -0.25) is 10.1 Å². The average molecular weight is 265 g/mol. The number of aromatic nitrogens is 1. The molecule has 0 saturated carbocycles. The summed E-state index contributed by atoms with van der Waals surface area (Å²) in [6.45, 7) is 0.567. The fraction of sp³-hybridized carbons (Fsp3) is 0.500. The topological polar surface area (TPSA) is 85.6 Å². The Labute approximate surface area is 110 Å². The van der Waals surface area contributed by atoms with Crippen molar-refractivity contribution in [1.82, 2.24) is 4.98 Å². The molecule has 7 nitrogen and oxygen atoms in total. The number of anilines is 1. The second-order valence-corrected chi connectivity index (χ2v) is 4.33. The Morgan fingerprint density at radius 1 is 1.58 bits per heavy atom. The molecule has 0 radical (unpaired) electrons. The van der Waals surface area contributed by atoms with Crippen molar-refractivity contribution < 1.29 is 14.5 Å². The van der Waals surface area contributed by atoms with Gasteiger partial charge < -0.3 is 9.64 Å². The fourth-order valence-corrected chi connectivity index (χ4v) is 2.32. The van der Waals surface area contributed by atoms with E-state index in [1.54, 1.807) is 4.90 Å². The molecule has 1 fully saturated rings. The normalized spacial score (nSPS) is 19.0. The van der Waals surface area contributed by atoms with Gasteiger partial charge in [-0.2, -0.15) is 0 Å². The first-order valence-corrected chi connectivity index (χ1v) is 6.09. The fourth-order valence-electron chi connectivity index (χ4n) is 2.32. The zero-order valence-corrected chi connectivity index (χ0v) is 10.6. The van der Waals surface area contributed by atoms with Crippen molar-refractivity contribution in [3.8, 4) is 0 Å². The van der Waals surface area contributed by atoms with E-state index in [1.165, 1.54) is 25.4 Å². The van der Waals surface area contributed by atoms with Gasteiger partial charge in [0, 0.05) is 18.8 Å². The minimum Gasteiger partial charge on any atom is -0.467 e. The van der Waals surface area contributed by atoms with Gasteiger partial charge in [0.1, 0.15) is 6.04 Å². The number of pyridine rings is 1. The van der Waals surface area contributed by atoms with Crippen molar-refractivity contribution in [2.24, 2.45) is 0 Å². The maximum absolute atomic E-state index is 11.8. The molecule has 1 aliphatic heterocycles. The largest absolute Gasteiger partial charge is 0.467 e. The lowest BCUT2D eigenvalue weighted by Gasteiger charge is -2.34. The van der Waals surface area contributed by atoms with Gasteiger partial charge in [0.25, 0.3) is 0 Å². The van der Waals surface area contributed by atoms with Gasteiger partial charge in [-0.1, -0.05) is 0 Å². The van der Waals surface area contributed by atoms with Crippen LogP contribution in [0.3, 0.4) is 0 Å². The van der Waals surface area contributed by atoms with E-state index in [0.29, 0.717) is 13.0 Å². The van der Waals surface area contributed by atoms with Gasteiger partial charge in [0.15, 0.2) is 0 Å². The molecule has 0 amide bonds. The summed E-state index contributed by atoms with van der Waals surface area (Å²) in [7, 11) is 1.32. The van der Waals surface area contributed by atoms with E-state index in [0.717, 1.165) is 12.8 Å². The first-order chi connectivity index (χ1) is 9.15. The van der Waals surface area contributed by atoms with Gasteiger partial charge in [-0.05, 0) is 25.3 Å². The van der Waals surface area contributed by atoms with E-state index in [4.69, 9.17) is 4.74 Å². The molecular formula is C12H15N3O4. The van der Waals surface area contributed by atoms with Crippen molar-refractivity contribution >= 4 is 17.5 Å². The van der Waals surface area contributed by atoms with Crippen molar-refractivity contribution in [2.75, 3.05) is 18.6 Å². The summed E-state index contributed by atoms with van der Waals surface area (Å²) in [6.07, 6.45) is 3.89. The molecule has 102 valence electrons. The number of piperidine rings is 1. The summed E-state index contributed by atoms with van der Waals surface area (Å²) in [5.74, 6) is -0.137. The Hall–Kier alpha value is -2.18. The van der Waals surface area contributed by atoms with Gasteiger partial charge >= 0.3 is 11.7 Å². The second-order valence-electron chi connectivity index (χ2n) is 4.33. The Morgan fingerprint density at radius 2 is 2.37 bits per heavy atom. The SMILES string of the molecule is COC(=O)C1CCCCN1c1ncccc1[N+](=O)[O-]. The molecule has 2 rings (SSSR count). The van der Waals surface area contributed by atoms with Crippen LogP contribution < -0.4 is 4.90 Å². The molecule has 0 aliphatic carbocycles. The maximum atomic E-state index is 11.8. The van der Waals surface area contributed by atoms with Gasteiger partial charge in [0.05, 0.1) is 12.0 Å². The molecule has 2 heterocycles. The number of carbonyl (C=O) groups excluding carboxylic acids is 1. The first kappa shape index (κ1) is 13.3. The molecule has 1 atom stereocenters. The van der Waals surface area contributed by atoms with E-state index < -0.39 is 11.0 Å². The monoisotopic (exact) mass is 265 g/mol. The van der Waals surface area contributed by atoms with Gasteiger partial charge in [0.2, 0.25) is 5.82 Å². The third-order valence-electron chi connectivity index (χ3n) is 3.21. The predicted molar refractivity (Wildman–Crippen MR) is 67.9 cm³/mol. The maximum Gasteiger partial charge on any atom is 0.328 e. The summed E-state index contributed by atoms with van der Waals surface area (Å²) in [4.78, 5) is 28.1. The number of nitro groups is 1. The summed E-state index contributed by atoms with van der Waals surface area (Å²) in [5, 5.41) is 11.0. The van der Waals surface area contributed by atoms with Crippen molar-refractivity contribution in [3.63, 3.8) is 0 Å². The number of hydrogen-bond acceptors (Lipinski definition) is 6. The average Bonchev–Trinajstić information content (AvgIpc) is 2.46. The summed E-state index contributed by atoms with van der Waals surface area (Å²) < 4.78 is 4.76. The van der Waals surface area contributed by atoms with Crippen molar-refractivity contribution in [2.45, 2.75) is 25.3 Å². The van der Waals surface area contributed by atoms with Crippen LogP contribution in [0, 0.1) is 10.1 Å². The van der Waals surface area contributed by atoms with Crippen LogP contribution in [0.25, 0.3) is 0 Å². The Bertz CT molecular complexity index is 492. The van der Waals surface area contributed by atoms with Crippen LogP contribution in [-0.4, -0.2) is 35.6 Å². The number of carbonyl (C=O) groups is 1. The van der Waals surface area contributed by atoms with Crippen LogP contribution >= 0.6 is 0 Å². The highest BCUT2D eigenvalue weighted by Crippen LogP contribution is 2.30. The van der Waals surface area contributed by atoms with E-state index in [2.05, 4.69) is 4.98 Å². The number of methoxy groups -OCH3 is 1. The molecule has 1 unspecified atom stereocenters. The third kappa shape index (κ3) is 2.64. The van der Waals surface area contributed by atoms with E-state index in [-0.39, 0.29) is 17.5 Å². The van der Waals surface area contributed by atoms with Crippen LogP contribution in [-0.2, 0) is 9.53 Å². The summed E-state index contributed by atoms with van der Waals surface area (Å²) in [5.41, 5.74) is -0.0849. The summed E-state index contributed by atoms with van der Waals surface area (Å²) >= 11 is 0. The van der Waals surface area contributed by atoms with E-state index >= 15 is 0 Å². The zero-order chi connectivity index (χ0) is 13.8. The molecule has 1 aromatic rings. The number of esters is 1. The number of ether oxygens (including phenoxy) is 1. The standard InChI is InChI=1S/C12H15N3O4/c1-19-12(16)10-5-2-3-8-14(10)11-9(15(17)18)6-4-7-13-11/h4,6-7,10H,2-3,5,8H2,1H3. The van der Waals surface area contributed by atoms with E-state index in [1.807, 2.05) is 0 Å². The Balaban J connectivity index is 2.37. The highest BCUT2D eigenvalue weighted by atomic mass is 16.6. The van der Waals surface area contributed by atoms with Crippen LogP contribution in [0.1, 0.15) is 19.3 Å². The van der Waals surface area contributed by atoms with Crippen LogP contribution in [0.15, 0.2) is 18.3 Å². The molecular weight excluding hydrogens is 250 g/mol. The smallest absolute Gasteiger partial charge is 0.328 e. The van der Waals surface area contributed by atoms with Gasteiger partial charge in [-0.25, -0.2) is 9.78 Å². The molecule has 1 saturated heterocycles. The molecule has 0 N–H and O–H groups in total. The second kappa shape index (κ2) is 5.64. The molecule has 0 spiro atoms. The number of hydrogen-bond donors (Lipinski definition) is 0. The molecule has 19 heavy (non-hydrogen) atoms. The molecule has 0 bridgehead atoms. The van der Waals surface area contributed by atoms with Crippen LogP contribution in [0.4, 0.5) is 11.5 Å². The highest BCUT2D eigenvalue weighted by Gasteiger charge is 2.34. The highest BCUT2D eigenvalue weighted by molar-refractivity contribution is 5.81. The van der Waals surface area contributed by atoms with Crippen LogP contribution in [0.2, 0.25) is 0 Å². The number of rotatable bonds is 3. The zero-order valence-electron chi connectivity index (χ0n) is 10.6. The quantitative estimate of drug-likeness (QED) is 0.468. The van der Waals surface area contributed by atoms with Crippen molar-refractivity contribution in [3.05, 3.63) is 28.4 Å². The lowest BCUT2D eigenvalue weighted by molar-refractivity contribution is -0.384. The minimum atomic E-state index is -0.493. The molecule has 1 aromatic heterocycles. The van der Waals surface area contributed by atoms with E-state index in [9.17, 15) is 14.9 Å². The lowest BCUT2D eigenvalue weighted by Crippen LogP contribution is -2.46. The molecule has 1 aliphatic rings. The molecule has 7 heteroatoms. The Kier molecular flexibility index (Phi) is 3.94. The van der Waals surface area contributed by atoms with Gasteiger partial charge in [-0.15, -0.1) is 0 Å². The lowest BCUT2D eigenvalue weighted by atomic mass is 10.0.